The zero-order chi connectivity index (χ0) is 17.6. The van der Waals surface area contributed by atoms with E-state index >= 15 is 0 Å². The fourth-order valence-electron chi connectivity index (χ4n) is 2.44. The van der Waals surface area contributed by atoms with Crippen LogP contribution in [-0.2, 0) is 14.3 Å². The zero-order valence-corrected chi connectivity index (χ0v) is 13.8. The first-order chi connectivity index (χ1) is 12.1. The molecule has 0 saturated carbocycles. The molecule has 1 unspecified atom stereocenters. The summed E-state index contributed by atoms with van der Waals surface area (Å²) in [5, 5.41) is 16.5. The number of aromatic nitrogens is 2. The van der Waals surface area contributed by atoms with Crippen LogP contribution >= 0.6 is 0 Å². The number of ether oxygens (including phenoxy) is 1. The minimum absolute atomic E-state index is 0.118. The molecule has 3 rings (SSSR count). The van der Waals surface area contributed by atoms with Gasteiger partial charge in [-0.05, 0) is 49.2 Å². The fraction of sp³-hybridized carbons (Fsp3) is 0.294. The molecule has 130 valence electrons. The Balaban J connectivity index is 1.56. The van der Waals surface area contributed by atoms with Gasteiger partial charge in [-0.2, -0.15) is 0 Å². The third-order valence-corrected chi connectivity index (χ3v) is 3.62. The highest BCUT2D eigenvalue weighted by Gasteiger charge is 2.23. The van der Waals surface area contributed by atoms with Crippen molar-refractivity contribution in [3.63, 3.8) is 0 Å². The van der Waals surface area contributed by atoms with E-state index in [1.165, 1.54) is 6.92 Å². The quantitative estimate of drug-likeness (QED) is 0.771. The average Bonchev–Trinajstić information content (AvgIpc) is 3.13. The van der Waals surface area contributed by atoms with Crippen LogP contribution in [0.3, 0.4) is 0 Å². The Labute approximate surface area is 145 Å². The van der Waals surface area contributed by atoms with Gasteiger partial charge in [0.05, 0.1) is 0 Å². The number of anilines is 4. The lowest BCUT2D eigenvalue weighted by atomic mass is 10.2. The monoisotopic (exact) mass is 341 g/mol. The average molecular weight is 341 g/mol. The van der Waals surface area contributed by atoms with Gasteiger partial charge in [0.25, 0.3) is 5.91 Å². The molecule has 1 fully saturated rings. The molecule has 8 heteroatoms. The molecule has 2 heterocycles. The summed E-state index contributed by atoms with van der Waals surface area (Å²) in [7, 11) is 0. The summed E-state index contributed by atoms with van der Waals surface area (Å²) in [6.07, 6.45) is 1.22. The summed E-state index contributed by atoms with van der Waals surface area (Å²) in [6, 6.07) is 10.6. The first-order valence-electron chi connectivity index (χ1n) is 8.01. The molecular weight excluding hydrogens is 322 g/mol. The number of rotatable bonds is 5. The number of amides is 2. The van der Waals surface area contributed by atoms with Crippen molar-refractivity contribution in [1.82, 2.24) is 10.2 Å². The lowest BCUT2D eigenvalue weighted by Gasteiger charge is -2.10. The predicted octanol–water partition coefficient (Wildman–Crippen LogP) is 2.30. The minimum Gasteiger partial charge on any atom is -0.368 e. The molecule has 0 bridgehead atoms. The van der Waals surface area contributed by atoms with Crippen LogP contribution in [0, 0.1) is 0 Å². The maximum atomic E-state index is 11.9. The molecule has 1 saturated heterocycles. The summed E-state index contributed by atoms with van der Waals surface area (Å²) in [6.45, 7) is 2.08. The number of hydrogen-bond donors (Lipinski definition) is 3. The Morgan fingerprint density at radius 3 is 2.28 bits per heavy atom. The highest BCUT2D eigenvalue weighted by molar-refractivity contribution is 5.93. The molecule has 8 nitrogen and oxygen atoms in total. The van der Waals surface area contributed by atoms with Gasteiger partial charge < -0.3 is 20.7 Å². The standard InChI is InChI=1S/C17H19N5O3/c1-11(23)18-12-4-6-13(7-5-12)19-15-8-9-16(22-21-15)20-17(24)14-3-2-10-25-14/h4-9,14H,2-3,10H2,1H3,(H,18,23)(H,19,21)(H,20,22,24). The van der Waals surface area contributed by atoms with Crippen LogP contribution in [0.15, 0.2) is 36.4 Å². The first-order valence-corrected chi connectivity index (χ1v) is 8.01. The van der Waals surface area contributed by atoms with E-state index in [9.17, 15) is 9.59 Å². The molecule has 0 aliphatic carbocycles. The van der Waals surface area contributed by atoms with Crippen molar-refractivity contribution in [2.75, 3.05) is 22.6 Å². The van der Waals surface area contributed by atoms with Gasteiger partial charge in [-0.1, -0.05) is 0 Å². The van der Waals surface area contributed by atoms with Crippen LogP contribution in [0.5, 0.6) is 0 Å². The van der Waals surface area contributed by atoms with E-state index in [4.69, 9.17) is 4.74 Å². The van der Waals surface area contributed by atoms with Crippen molar-refractivity contribution in [3.05, 3.63) is 36.4 Å². The second-order valence-electron chi connectivity index (χ2n) is 5.68. The summed E-state index contributed by atoms with van der Waals surface area (Å²) in [5.74, 6) is 0.614. The lowest BCUT2D eigenvalue weighted by Crippen LogP contribution is -2.27. The number of carbonyl (C=O) groups is 2. The van der Waals surface area contributed by atoms with E-state index in [2.05, 4.69) is 26.1 Å². The maximum Gasteiger partial charge on any atom is 0.254 e. The molecule has 2 aromatic rings. The predicted molar refractivity (Wildman–Crippen MR) is 93.7 cm³/mol. The van der Waals surface area contributed by atoms with Gasteiger partial charge in [0, 0.05) is 24.9 Å². The number of carbonyl (C=O) groups excluding carboxylic acids is 2. The molecule has 1 atom stereocenters. The number of nitrogens with zero attached hydrogens (tertiary/aromatic N) is 2. The van der Waals surface area contributed by atoms with E-state index in [1.807, 2.05) is 12.1 Å². The van der Waals surface area contributed by atoms with Crippen LogP contribution in [0.2, 0.25) is 0 Å². The van der Waals surface area contributed by atoms with Gasteiger partial charge in [-0.25, -0.2) is 0 Å². The van der Waals surface area contributed by atoms with Crippen LogP contribution in [0.1, 0.15) is 19.8 Å². The third-order valence-electron chi connectivity index (χ3n) is 3.62. The molecular formula is C17H19N5O3. The SMILES string of the molecule is CC(=O)Nc1ccc(Nc2ccc(NC(=O)C3CCCO3)nn2)cc1. The van der Waals surface area contributed by atoms with Crippen molar-refractivity contribution in [3.8, 4) is 0 Å². The van der Waals surface area contributed by atoms with Crippen molar-refractivity contribution in [2.24, 2.45) is 0 Å². The highest BCUT2D eigenvalue weighted by Crippen LogP contribution is 2.18. The molecule has 25 heavy (non-hydrogen) atoms. The van der Waals surface area contributed by atoms with Gasteiger partial charge in [0.2, 0.25) is 5.91 Å². The first kappa shape index (κ1) is 16.8. The maximum absolute atomic E-state index is 11.9. The van der Waals surface area contributed by atoms with E-state index in [0.717, 1.165) is 24.2 Å². The number of benzene rings is 1. The van der Waals surface area contributed by atoms with Crippen LogP contribution in [-0.4, -0.2) is 34.7 Å². The smallest absolute Gasteiger partial charge is 0.254 e. The van der Waals surface area contributed by atoms with Gasteiger partial charge in [0.1, 0.15) is 6.10 Å². The van der Waals surface area contributed by atoms with Gasteiger partial charge >= 0.3 is 0 Å². The summed E-state index contributed by atoms with van der Waals surface area (Å²) >= 11 is 0. The second-order valence-corrected chi connectivity index (χ2v) is 5.68. The Hall–Kier alpha value is -3.00. The van der Waals surface area contributed by atoms with Crippen LogP contribution < -0.4 is 16.0 Å². The molecule has 2 amide bonds. The fourth-order valence-corrected chi connectivity index (χ4v) is 2.44. The van der Waals surface area contributed by atoms with Crippen molar-refractivity contribution < 1.29 is 14.3 Å². The Morgan fingerprint density at radius 1 is 1.00 bits per heavy atom. The van der Waals surface area contributed by atoms with Crippen molar-refractivity contribution >= 4 is 34.8 Å². The topological polar surface area (TPSA) is 105 Å². The number of hydrogen-bond acceptors (Lipinski definition) is 6. The molecule has 1 aromatic carbocycles. The third kappa shape index (κ3) is 4.74. The molecule has 1 aliphatic heterocycles. The van der Waals surface area contributed by atoms with E-state index in [-0.39, 0.29) is 11.8 Å². The van der Waals surface area contributed by atoms with E-state index < -0.39 is 6.10 Å². The largest absolute Gasteiger partial charge is 0.368 e. The second kappa shape index (κ2) is 7.71. The molecule has 1 aliphatic rings. The van der Waals surface area contributed by atoms with Gasteiger partial charge in [-0.3, -0.25) is 9.59 Å². The van der Waals surface area contributed by atoms with Gasteiger partial charge in [-0.15, -0.1) is 10.2 Å². The lowest BCUT2D eigenvalue weighted by molar-refractivity contribution is -0.124. The zero-order valence-electron chi connectivity index (χ0n) is 13.8. The van der Waals surface area contributed by atoms with Gasteiger partial charge in [0.15, 0.2) is 11.6 Å². The molecule has 1 aromatic heterocycles. The number of nitrogens with one attached hydrogen (secondary N) is 3. The van der Waals surface area contributed by atoms with E-state index in [0.29, 0.717) is 18.2 Å². The molecule has 3 N–H and O–H groups in total. The van der Waals surface area contributed by atoms with E-state index in [1.54, 1.807) is 24.3 Å². The van der Waals surface area contributed by atoms with Crippen LogP contribution in [0.4, 0.5) is 23.0 Å². The normalized spacial score (nSPS) is 16.3. The summed E-state index contributed by atoms with van der Waals surface area (Å²) < 4.78 is 5.32. The van der Waals surface area contributed by atoms with Crippen LogP contribution in [0.25, 0.3) is 0 Å². The molecule has 0 radical (unpaired) electrons. The summed E-state index contributed by atoms with van der Waals surface area (Å²) in [5.41, 5.74) is 1.52. The Kier molecular flexibility index (Phi) is 5.20. The van der Waals surface area contributed by atoms with Crippen molar-refractivity contribution in [1.29, 1.82) is 0 Å². The molecule has 0 spiro atoms. The summed E-state index contributed by atoms with van der Waals surface area (Å²) in [4.78, 5) is 22.9. The Bertz CT molecular complexity index is 740. The minimum atomic E-state index is -0.401. The van der Waals surface area contributed by atoms with Crippen molar-refractivity contribution in [2.45, 2.75) is 25.9 Å². The Morgan fingerprint density at radius 2 is 1.68 bits per heavy atom. The highest BCUT2D eigenvalue weighted by atomic mass is 16.5.